The molecule has 0 aromatic rings. The molecule has 1 heterocycles. The minimum Gasteiger partial charge on any atom is -0.394 e. The molecule has 0 aliphatic carbocycles. The molecule has 0 aromatic carbocycles. The minimum atomic E-state index is -0.620. The first kappa shape index (κ1) is 14.9. The van der Waals surface area contributed by atoms with Crippen LogP contribution in [0.15, 0.2) is 0 Å². The lowest BCUT2D eigenvalue weighted by Crippen LogP contribution is -2.19. The molecule has 0 bridgehead atoms. The van der Waals surface area contributed by atoms with Crippen molar-refractivity contribution in [2.75, 3.05) is 19.8 Å². The average molecular weight is 248 g/mol. The molecule has 2 unspecified atom stereocenters. The topological polar surface area (TPSA) is 68.2 Å². The Bertz CT molecular complexity index is 164. The highest BCUT2D eigenvalue weighted by Crippen LogP contribution is 2.20. The summed E-state index contributed by atoms with van der Waals surface area (Å²) < 4.78 is 0. The summed E-state index contributed by atoms with van der Waals surface area (Å²) in [7, 11) is 0. The highest BCUT2D eigenvalue weighted by molar-refractivity contribution is 4.65. The molecule has 0 aromatic heterocycles. The van der Waals surface area contributed by atoms with Crippen molar-refractivity contribution in [3.8, 4) is 0 Å². The van der Waals surface area contributed by atoms with E-state index in [0.29, 0.717) is 25.6 Å². The number of rotatable bonds is 3. The zero-order chi connectivity index (χ0) is 12.3. The van der Waals surface area contributed by atoms with Gasteiger partial charge in [0.05, 0.1) is 25.9 Å². The minimum absolute atomic E-state index is 0.170. The first-order valence-corrected chi connectivity index (χ1v) is 6.53. The molecule has 0 amide bonds. The van der Waals surface area contributed by atoms with E-state index in [-0.39, 0.29) is 6.61 Å². The molecule has 17 heavy (non-hydrogen) atoms. The second kappa shape index (κ2) is 9.79. The summed E-state index contributed by atoms with van der Waals surface area (Å²) in [5.41, 5.74) is 0. The average Bonchev–Trinajstić information content (AvgIpc) is 2.32. The third kappa shape index (κ3) is 7.68. The van der Waals surface area contributed by atoms with Crippen molar-refractivity contribution in [1.29, 1.82) is 0 Å². The van der Waals surface area contributed by atoms with Crippen LogP contribution in [0, 0.1) is 5.92 Å². The summed E-state index contributed by atoms with van der Waals surface area (Å²) in [4.78, 5) is 9.72. The van der Waals surface area contributed by atoms with Crippen molar-refractivity contribution in [1.82, 2.24) is 0 Å². The third-order valence-corrected chi connectivity index (χ3v) is 3.11. The maximum atomic E-state index is 9.45. The maximum Gasteiger partial charge on any atom is 0.0856 e. The summed E-state index contributed by atoms with van der Waals surface area (Å²) in [6, 6.07) is 0. The van der Waals surface area contributed by atoms with E-state index in [2.05, 4.69) is 5.04 Å². The van der Waals surface area contributed by atoms with Gasteiger partial charge >= 0.3 is 0 Å². The number of hydrogen-bond donors (Lipinski definition) is 2. The number of aliphatic hydroxyl groups is 2. The molecule has 0 radical (unpaired) electrons. The summed E-state index contributed by atoms with van der Waals surface area (Å²) in [5.74, 6) is 0.375. The molecule has 0 saturated carbocycles. The molecule has 1 rings (SSSR count). The fourth-order valence-electron chi connectivity index (χ4n) is 2.10. The van der Waals surface area contributed by atoms with Crippen LogP contribution in [-0.4, -0.2) is 36.1 Å². The van der Waals surface area contributed by atoms with Gasteiger partial charge in [-0.25, -0.2) is 9.78 Å². The Morgan fingerprint density at radius 2 is 1.76 bits per heavy atom. The Balaban J connectivity index is 2.26. The van der Waals surface area contributed by atoms with Crippen molar-refractivity contribution < 1.29 is 25.0 Å². The molecule has 1 fully saturated rings. The van der Waals surface area contributed by atoms with Crippen LogP contribution in [0.4, 0.5) is 0 Å². The van der Waals surface area contributed by atoms with Gasteiger partial charge in [-0.3, -0.25) is 0 Å². The van der Waals surface area contributed by atoms with Gasteiger partial charge in [-0.15, -0.1) is 0 Å². The predicted molar refractivity (Wildman–Crippen MR) is 61.9 cm³/mol. The van der Waals surface area contributed by atoms with Gasteiger partial charge in [-0.1, -0.05) is 30.7 Å². The predicted octanol–water partition coefficient (Wildman–Crippen LogP) is 1.58. The standard InChI is InChI=1S/C12H24O5/c13-10-12(14)9-11-5-3-1-2-4-7-15-17-16-8-6-11/h11-14H,1-10H2. The van der Waals surface area contributed by atoms with Crippen LogP contribution in [0.2, 0.25) is 0 Å². The van der Waals surface area contributed by atoms with Crippen LogP contribution in [0.25, 0.3) is 0 Å². The van der Waals surface area contributed by atoms with Gasteiger partial charge in [0.2, 0.25) is 0 Å². The molecule has 102 valence electrons. The Labute approximate surface area is 103 Å². The third-order valence-electron chi connectivity index (χ3n) is 3.11. The highest BCUT2D eigenvalue weighted by Gasteiger charge is 2.14. The fourth-order valence-corrected chi connectivity index (χ4v) is 2.10. The molecule has 2 N–H and O–H groups in total. The van der Waals surface area contributed by atoms with Gasteiger partial charge in [-0.2, -0.15) is 0 Å². The van der Waals surface area contributed by atoms with Crippen molar-refractivity contribution in [3.05, 3.63) is 0 Å². The first-order chi connectivity index (χ1) is 8.33. The first-order valence-electron chi connectivity index (χ1n) is 6.53. The molecule has 5 nitrogen and oxygen atoms in total. The van der Waals surface area contributed by atoms with Crippen LogP contribution < -0.4 is 0 Å². The number of aliphatic hydroxyl groups excluding tert-OH is 2. The van der Waals surface area contributed by atoms with Crippen LogP contribution in [0.1, 0.15) is 44.9 Å². The normalized spacial score (nSPS) is 26.8. The fraction of sp³-hybridized carbons (Fsp3) is 1.00. The quantitative estimate of drug-likeness (QED) is 0.742. The van der Waals surface area contributed by atoms with Gasteiger partial charge in [0.25, 0.3) is 0 Å². The van der Waals surface area contributed by atoms with E-state index >= 15 is 0 Å². The van der Waals surface area contributed by atoms with E-state index in [0.717, 1.165) is 32.1 Å². The highest BCUT2D eigenvalue weighted by atomic mass is 17.5. The van der Waals surface area contributed by atoms with E-state index < -0.39 is 6.10 Å². The lowest BCUT2D eigenvalue weighted by Gasteiger charge is -2.19. The summed E-state index contributed by atoms with van der Waals surface area (Å²) >= 11 is 0. The summed E-state index contributed by atoms with van der Waals surface area (Å²) in [6.07, 6.45) is 6.33. The maximum absolute atomic E-state index is 9.45. The van der Waals surface area contributed by atoms with Crippen LogP contribution in [-0.2, 0) is 14.8 Å². The second-order valence-corrected chi connectivity index (χ2v) is 4.64. The summed E-state index contributed by atoms with van der Waals surface area (Å²) in [6.45, 7) is 0.867. The van der Waals surface area contributed by atoms with Gasteiger partial charge in [0.15, 0.2) is 0 Å². The SMILES string of the molecule is OCC(O)CC1CCCCCCOOOCC1. The molecular weight excluding hydrogens is 224 g/mol. The van der Waals surface area contributed by atoms with Crippen molar-refractivity contribution in [3.63, 3.8) is 0 Å². The largest absolute Gasteiger partial charge is 0.394 e. The van der Waals surface area contributed by atoms with Crippen LogP contribution in [0.3, 0.4) is 0 Å². The molecule has 2 atom stereocenters. The van der Waals surface area contributed by atoms with Gasteiger partial charge in [0.1, 0.15) is 0 Å². The zero-order valence-electron chi connectivity index (χ0n) is 10.3. The van der Waals surface area contributed by atoms with Crippen molar-refractivity contribution >= 4 is 0 Å². The smallest absolute Gasteiger partial charge is 0.0856 e. The van der Waals surface area contributed by atoms with E-state index in [4.69, 9.17) is 14.9 Å². The van der Waals surface area contributed by atoms with Gasteiger partial charge in [-0.05, 0) is 25.2 Å². The molecular formula is C12H24O5. The van der Waals surface area contributed by atoms with Crippen LogP contribution in [0.5, 0.6) is 0 Å². The van der Waals surface area contributed by atoms with Crippen LogP contribution >= 0.6 is 0 Å². The number of hydrogen-bond acceptors (Lipinski definition) is 5. The zero-order valence-corrected chi connectivity index (χ0v) is 10.3. The van der Waals surface area contributed by atoms with Crippen molar-refractivity contribution in [2.45, 2.75) is 51.0 Å². The monoisotopic (exact) mass is 248 g/mol. The van der Waals surface area contributed by atoms with Gasteiger partial charge in [0, 0.05) is 0 Å². The van der Waals surface area contributed by atoms with E-state index in [1.807, 2.05) is 0 Å². The van der Waals surface area contributed by atoms with E-state index in [9.17, 15) is 5.11 Å². The Morgan fingerprint density at radius 1 is 1.00 bits per heavy atom. The Morgan fingerprint density at radius 3 is 2.59 bits per heavy atom. The molecule has 5 heteroatoms. The Hall–Kier alpha value is -0.200. The molecule has 1 saturated heterocycles. The Kier molecular flexibility index (Phi) is 8.56. The summed E-state index contributed by atoms with van der Waals surface area (Å²) in [5, 5.41) is 22.9. The van der Waals surface area contributed by atoms with Crippen molar-refractivity contribution in [2.24, 2.45) is 5.92 Å². The van der Waals surface area contributed by atoms with E-state index in [1.54, 1.807) is 0 Å². The lowest BCUT2D eigenvalue weighted by molar-refractivity contribution is -0.513. The molecule has 0 spiro atoms. The second-order valence-electron chi connectivity index (χ2n) is 4.64. The molecule has 1 aliphatic rings. The van der Waals surface area contributed by atoms with Gasteiger partial charge < -0.3 is 10.2 Å². The molecule has 1 aliphatic heterocycles. The van der Waals surface area contributed by atoms with E-state index in [1.165, 1.54) is 6.42 Å². The lowest BCUT2D eigenvalue weighted by atomic mass is 9.92.